The van der Waals surface area contributed by atoms with Crippen LogP contribution in [-0.4, -0.2) is 25.2 Å². The Labute approximate surface area is 179 Å². The molecule has 0 saturated heterocycles. The first kappa shape index (κ1) is 18.9. The Kier molecular flexibility index (Phi) is 4.43. The zero-order valence-corrected chi connectivity index (χ0v) is 17.3. The number of nitrogen functional groups attached to an aromatic ring is 1. The SMILES string of the molecule is Cc1cc(-c2ccco2)n(-c2ccc3c(c2)nc(Cc2ccc(C(=N)N)cc2)n3C)n1. The molecule has 0 aliphatic rings. The number of nitrogens with one attached hydrogen (secondary N) is 1. The molecule has 0 bridgehead atoms. The second kappa shape index (κ2) is 7.28. The molecular weight excluding hydrogens is 388 g/mol. The van der Waals surface area contributed by atoms with Gasteiger partial charge in [-0.05, 0) is 48.9 Å². The van der Waals surface area contributed by atoms with Crippen molar-refractivity contribution in [1.82, 2.24) is 19.3 Å². The normalized spacial score (nSPS) is 11.3. The van der Waals surface area contributed by atoms with Crippen molar-refractivity contribution < 1.29 is 4.42 Å². The van der Waals surface area contributed by atoms with Gasteiger partial charge in [0.1, 0.15) is 17.4 Å². The minimum absolute atomic E-state index is 0.0737. The lowest BCUT2D eigenvalue weighted by molar-refractivity contribution is 0.577. The number of aromatic nitrogens is 4. The highest BCUT2D eigenvalue weighted by molar-refractivity contribution is 5.94. The van der Waals surface area contributed by atoms with Crippen molar-refractivity contribution in [3.05, 3.63) is 89.6 Å². The van der Waals surface area contributed by atoms with Gasteiger partial charge >= 0.3 is 0 Å². The maximum atomic E-state index is 7.54. The van der Waals surface area contributed by atoms with Crippen LogP contribution in [0.25, 0.3) is 28.2 Å². The Morgan fingerprint density at radius 1 is 1.10 bits per heavy atom. The lowest BCUT2D eigenvalue weighted by atomic mass is 10.1. The van der Waals surface area contributed by atoms with Gasteiger partial charge in [-0.3, -0.25) is 5.41 Å². The molecule has 2 aromatic carbocycles. The van der Waals surface area contributed by atoms with Crippen LogP contribution in [0.2, 0.25) is 0 Å². The van der Waals surface area contributed by atoms with E-state index in [0.717, 1.165) is 50.8 Å². The van der Waals surface area contributed by atoms with E-state index >= 15 is 0 Å². The number of fused-ring (bicyclic) bond motifs is 1. The molecule has 0 unspecified atom stereocenters. The van der Waals surface area contributed by atoms with Crippen molar-refractivity contribution in [1.29, 1.82) is 5.41 Å². The third-order valence-corrected chi connectivity index (χ3v) is 5.43. The van der Waals surface area contributed by atoms with E-state index in [1.165, 1.54) is 0 Å². The zero-order valence-electron chi connectivity index (χ0n) is 17.3. The van der Waals surface area contributed by atoms with Crippen LogP contribution in [-0.2, 0) is 13.5 Å². The van der Waals surface area contributed by atoms with Gasteiger partial charge in [0.15, 0.2) is 5.76 Å². The standard InChI is InChI=1S/C24H22N6O/c1-15-12-21(22-4-3-11-31-22)30(28-15)18-9-10-20-19(14-18)27-23(29(20)2)13-16-5-7-17(8-6-16)24(25)26/h3-12,14H,13H2,1-2H3,(H3,25,26). The molecule has 0 atom stereocenters. The molecule has 7 heteroatoms. The summed E-state index contributed by atoms with van der Waals surface area (Å²) in [6, 6.07) is 19.7. The summed E-state index contributed by atoms with van der Waals surface area (Å²) in [4.78, 5) is 4.88. The second-order valence-corrected chi connectivity index (χ2v) is 7.61. The van der Waals surface area contributed by atoms with Crippen molar-refractivity contribution in [2.45, 2.75) is 13.3 Å². The van der Waals surface area contributed by atoms with E-state index in [9.17, 15) is 0 Å². The number of hydrogen-bond donors (Lipinski definition) is 2. The molecule has 3 heterocycles. The van der Waals surface area contributed by atoms with Crippen LogP contribution in [0.5, 0.6) is 0 Å². The predicted molar refractivity (Wildman–Crippen MR) is 121 cm³/mol. The van der Waals surface area contributed by atoms with Gasteiger partial charge in [0.2, 0.25) is 0 Å². The Morgan fingerprint density at radius 3 is 2.61 bits per heavy atom. The summed E-state index contributed by atoms with van der Waals surface area (Å²) in [6.45, 7) is 1.97. The van der Waals surface area contributed by atoms with Gasteiger partial charge in [-0.2, -0.15) is 5.10 Å². The molecule has 3 N–H and O–H groups in total. The molecule has 0 radical (unpaired) electrons. The molecule has 5 rings (SSSR count). The smallest absolute Gasteiger partial charge is 0.152 e. The van der Waals surface area contributed by atoms with Crippen LogP contribution >= 0.6 is 0 Å². The average Bonchev–Trinajstić information content (AvgIpc) is 3.48. The van der Waals surface area contributed by atoms with Gasteiger partial charge in [-0.15, -0.1) is 0 Å². The van der Waals surface area contributed by atoms with Crippen LogP contribution in [0.4, 0.5) is 0 Å². The van der Waals surface area contributed by atoms with Crippen molar-refractivity contribution in [3.63, 3.8) is 0 Å². The van der Waals surface area contributed by atoms with Crippen LogP contribution < -0.4 is 5.73 Å². The molecular formula is C24H22N6O. The van der Waals surface area contributed by atoms with Crippen molar-refractivity contribution in [2.24, 2.45) is 12.8 Å². The van der Waals surface area contributed by atoms with Crippen LogP contribution in [0.3, 0.4) is 0 Å². The van der Waals surface area contributed by atoms with Crippen LogP contribution in [0.1, 0.15) is 22.6 Å². The van der Waals surface area contributed by atoms with Crippen molar-refractivity contribution >= 4 is 16.9 Å². The fourth-order valence-electron chi connectivity index (χ4n) is 3.81. The van der Waals surface area contributed by atoms with Gasteiger partial charge in [0.25, 0.3) is 0 Å². The Hall–Kier alpha value is -4.13. The fourth-order valence-corrected chi connectivity index (χ4v) is 3.81. The monoisotopic (exact) mass is 410 g/mol. The summed E-state index contributed by atoms with van der Waals surface area (Å²) in [7, 11) is 2.03. The average molecular weight is 410 g/mol. The van der Waals surface area contributed by atoms with Crippen molar-refractivity contribution in [2.75, 3.05) is 0 Å². The first-order chi connectivity index (χ1) is 15.0. The van der Waals surface area contributed by atoms with E-state index in [-0.39, 0.29) is 5.84 Å². The third kappa shape index (κ3) is 3.40. The first-order valence-electron chi connectivity index (χ1n) is 9.99. The molecule has 0 aliphatic heterocycles. The number of furan rings is 1. The zero-order chi connectivity index (χ0) is 21.5. The number of rotatable bonds is 5. The first-order valence-corrected chi connectivity index (χ1v) is 9.99. The summed E-state index contributed by atoms with van der Waals surface area (Å²) in [5.74, 6) is 1.81. The number of aryl methyl sites for hydroxylation is 2. The number of benzene rings is 2. The summed E-state index contributed by atoms with van der Waals surface area (Å²) in [5.41, 5.74) is 12.1. The molecule has 154 valence electrons. The minimum Gasteiger partial charge on any atom is -0.463 e. The van der Waals surface area contributed by atoms with Gasteiger partial charge in [0, 0.05) is 19.0 Å². The van der Waals surface area contributed by atoms with Gasteiger partial charge < -0.3 is 14.7 Å². The van der Waals surface area contributed by atoms with E-state index in [2.05, 4.69) is 21.8 Å². The molecule has 31 heavy (non-hydrogen) atoms. The third-order valence-electron chi connectivity index (χ3n) is 5.43. The largest absolute Gasteiger partial charge is 0.463 e. The summed E-state index contributed by atoms with van der Waals surface area (Å²) < 4.78 is 9.60. The summed E-state index contributed by atoms with van der Waals surface area (Å²) in [5, 5.41) is 12.2. The Balaban J connectivity index is 1.51. The maximum Gasteiger partial charge on any atom is 0.152 e. The lowest BCUT2D eigenvalue weighted by Crippen LogP contribution is -2.10. The molecule has 0 spiro atoms. The van der Waals surface area contributed by atoms with Crippen LogP contribution in [0, 0.1) is 12.3 Å². The second-order valence-electron chi connectivity index (χ2n) is 7.61. The highest BCUT2D eigenvalue weighted by atomic mass is 16.3. The highest BCUT2D eigenvalue weighted by Crippen LogP contribution is 2.27. The Bertz CT molecular complexity index is 1390. The van der Waals surface area contributed by atoms with Gasteiger partial charge in [0.05, 0.1) is 28.7 Å². The van der Waals surface area contributed by atoms with Crippen molar-refractivity contribution in [3.8, 4) is 17.1 Å². The molecule has 0 aliphatic carbocycles. The van der Waals surface area contributed by atoms with Gasteiger partial charge in [-0.25, -0.2) is 9.67 Å². The highest BCUT2D eigenvalue weighted by Gasteiger charge is 2.15. The quantitative estimate of drug-likeness (QED) is 0.335. The van der Waals surface area contributed by atoms with E-state index in [0.29, 0.717) is 6.42 Å². The van der Waals surface area contributed by atoms with Crippen LogP contribution in [0.15, 0.2) is 71.3 Å². The number of imidazole rings is 1. The molecule has 0 amide bonds. The Morgan fingerprint density at radius 2 is 1.90 bits per heavy atom. The fraction of sp³-hybridized carbons (Fsp3) is 0.125. The molecule has 0 fully saturated rings. The van der Waals surface area contributed by atoms with E-state index < -0.39 is 0 Å². The lowest BCUT2D eigenvalue weighted by Gasteiger charge is -2.06. The predicted octanol–water partition coefficient (Wildman–Crippen LogP) is 4.20. The summed E-state index contributed by atoms with van der Waals surface area (Å²) in [6.07, 6.45) is 2.36. The van der Waals surface area contributed by atoms with E-state index in [1.807, 2.05) is 67.2 Å². The van der Waals surface area contributed by atoms with Gasteiger partial charge in [-0.1, -0.05) is 24.3 Å². The number of nitrogens with two attached hydrogens (primary N) is 1. The summed E-state index contributed by atoms with van der Waals surface area (Å²) >= 11 is 0. The molecule has 5 aromatic rings. The van der Waals surface area contributed by atoms with E-state index in [1.54, 1.807) is 6.26 Å². The minimum atomic E-state index is 0.0737. The molecule has 7 nitrogen and oxygen atoms in total. The molecule has 0 saturated carbocycles. The van der Waals surface area contributed by atoms with E-state index in [4.69, 9.17) is 20.5 Å². The molecule has 3 aromatic heterocycles. The maximum absolute atomic E-state index is 7.54. The number of amidine groups is 1. The number of nitrogens with zero attached hydrogens (tertiary/aromatic N) is 4. The topological polar surface area (TPSA) is 98.6 Å². The number of hydrogen-bond acceptors (Lipinski definition) is 4.